The van der Waals surface area contributed by atoms with Gasteiger partial charge in [-0.2, -0.15) is 0 Å². The number of rotatable bonds is 5. The van der Waals surface area contributed by atoms with E-state index in [9.17, 15) is 18.0 Å². The average Bonchev–Trinajstić information content (AvgIpc) is 2.24. The monoisotopic (exact) mass is 291 g/mol. The first-order valence-electron chi connectivity index (χ1n) is 6.43. The maximum absolute atomic E-state index is 12.0. The van der Waals surface area contributed by atoms with Crippen LogP contribution in [0.1, 0.15) is 33.1 Å². The zero-order valence-electron chi connectivity index (χ0n) is 11.3. The molecule has 0 bridgehead atoms. The number of sulfone groups is 1. The third-order valence-corrected chi connectivity index (χ3v) is 4.89. The van der Waals surface area contributed by atoms with E-state index in [0.717, 1.165) is 6.42 Å². The van der Waals surface area contributed by atoms with Gasteiger partial charge >= 0.3 is 5.97 Å². The number of carboxylic acid groups (broad SMARTS) is 1. The predicted molar refractivity (Wildman–Crippen MR) is 70.5 cm³/mol. The summed E-state index contributed by atoms with van der Waals surface area (Å²) < 4.78 is 23.1. The normalized spacial score (nSPS) is 22.5. The fraction of sp³-hybridized carbons (Fsp3) is 0.833. The van der Waals surface area contributed by atoms with Gasteiger partial charge in [-0.05, 0) is 12.3 Å². The first-order valence-corrected chi connectivity index (χ1v) is 8.25. The molecule has 1 amide bonds. The Bertz CT molecular complexity index is 443. The van der Waals surface area contributed by atoms with Crippen LogP contribution in [0.3, 0.4) is 0 Å². The van der Waals surface area contributed by atoms with E-state index in [2.05, 4.69) is 0 Å². The van der Waals surface area contributed by atoms with Crippen LogP contribution in [0, 0.1) is 5.92 Å². The van der Waals surface area contributed by atoms with Crippen molar-refractivity contribution < 1.29 is 23.1 Å². The summed E-state index contributed by atoms with van der Waals surface area (Å²) in [6, 6.07) is -0.726. The van der Waals surface area contributed by atoms with Crippen molar-refractivity contribution in [2.75, 3.05) is 18.1 Å². The molecule has 0 aromatic heterocycles. The van der Waals surface area contributed by atoms with Crippen LogP contribution in [0.15, 0.2) is 0 Å². The number of hydrogen-bond acceptors (Lipinski definition) is 4. The van der Waals surface area contributed by atoms with Crippen molar-refractivity contribution in [1.82, 2.24) is 4.90 Å². The number of hydrogen-bond donors (Lipinski definition) is 1. The van der Waals surface area contributed by atoms with Crippen LogP contribution in [0.5, 0.6) is 0 Å². The molecule has 1 rings (SSSR count). The first-order chi connectivity index (χ1) is 8.71. The largest absolute Gasteiger partial charge is 0.481 e. The van der Waals surface area contributed by atoms with E-state index in [1.807, 2.05) is 13.8 Å². The first kappa shape index (κ1) is 15.9. The summed E-state index contributed by atoms with van der Waals surface area (Å²) in [7, 11) is -3.23. The highest BCUT2D eigenvalue weighted by atomic mass is 32.2. The van der Waals surface area contributed by atoms with Crippen molar-refractivity contribution in [3.05, 3.63) is 0 Å². The van der Waals surface area contributed by atoms with Crippen LogP contribution in [0.4, 0.5) is 0 Å². The van der Waals surface area contributed by atoms with E-state index < -0.39 is 21.8 Å². The maximum Gasteiger partial charge on any atom is 0.305 e. The van der Waals surface area contributed by atoms with E-state index in [-0.39, 0.29) is 30.4 Å². The van der Waals surface area contributed by atoms with Gasteiger partial charge in [0.25, 0.3) is 0 Å². The van der Waals surface area contributed by atoms with Gasteiger partial charge in [0.1, 0.15) is 0 Å². The van der Waals surface area contributed by atoms with Crippen LogP contribution >= 0.6 is 0 Å². The van der Waals surface area contributed by atoms with Crippen molar-refractivity contribution in [2.24, 2.45) is 5.92 Å². The Labute approximate surface area is 113 Å². The second-order valence-electron chi connectivity index (χ2n) is 5.39. The molecule has 110 valence electrons. The Kier molecular flexibility index (Phi) is 5.34. The smallest absolute Gasteiger partial charge is 0.305 e. The summed E-state index contributed by atoms with van der Waals surface area (Å²) >= 11 is 0. The van der Waals surface area contributed by atoms with Gasteiger partial charge < -0.3 is 10.0 Å². The molecule has 19 heavy (non-hydrogen) atoms. The number of carbonyl (C=O) groups excluding carboxylic acids is 1. The van der Waals surface area contributed by atoms with Gasteiger partial charge in [-0.15, -0.1) is 0 Å². The van der Waals surface area contributed by atoms with Crippen molar-refractivity contribution in [1.29, 1.82) is 0 Å². The minimum absolute atomic E-state index is 0.0729. The van der Waals surface area contributed by atoms with Gasteiger partial charge in [0.2, 0.25) is 5.91 Å². The average molecular weight is 291 g/mol. The lowest BCUT2D eigenvalue weighted by Crippen LogP contribution is -2.52. The Balaban J connectivity index is 2.73. The third kappa shape index (κ3) is 5.18. The Morgan fingerprint density at radius 3 is 2.53 bits per heavy atom. The summed E-state index contributed by atoms with van der Waals surface area (Å²) in [5.41, 5.74) is 0. The molecule has 1 aliphatic heterocycles. The summed E-state index contributed by atoms with van der Waals surface area (Å²) in [4.78, 5) is 24.3. The van der Waals surface area contributed by atoms with Gasteiger partial charge in [-0.3, -0.25) is 9.59 Å². The van der Waals surface area contributed by atoms with E-state index >= 15 is 0 Å². The van der Waals surface area contributed by atoms with Gasteiger partial charge in [-0.25, -0.2) is 8.42 Å². The summed E-state index contributed by atoms with van der Waals surface area (Å²) in [6.07, 6.45) is 0.752. The van der Waals surface area contributed by atoms with Crippen molar-refractivity contribution in [2.45, 2.75) is 39.2 Å². The predicted octanol–water partition coefficient (Wildman–Crippen LogP) is 0.523. The quantitative estimate of drug-likeness (QED) is 0.797. The van der Waals surface area contributed by atoms with Crippen molar-refractivity contribution in [3.63, 3.8) is 0 Å². The lowest BCUT2D eigenvalue weighted by atomic mass is 10.1. The molecular formula is C12H21NO5S. The summed E-state index contributed by atoms with van der Waals surface area (Å²) in [5, 5.41) is 8.82. The standard InChI is InChI=1S/C12H21NO5S/c1-9(2)3-4-11(14)13-5-6-19(17,18)8-10(13)7-12(15)16/h9-10H,3-8H2,1-2H3,(H,15,16). The Hall–Kier alpha value is -1.11. The molecule has 1 aliphatic rings. The van der Waals surface area contributed by atoms with Crippen LogP contribution < -0.4 is 0 Å². The van der Waals surface area contributed by atoms with Crippen LogP contribution in [0.25, 0.3) is 0 Å². The van der Waals surface area contributed by atoms with E-state index in [0.29, 0.717) is 12.3 Å². The van der Waals surface area contributed by atoms with Crippen molar-refractivity contribution in [3.8, 4) is 0 Å². The van der Waals surface area contributed by atoms with E-state index in [1.54, 1.807) is 0 Å². The molecule has 0 saturated carbocycles. The highest BCUT2D eigenvalue weighted by molar-refractivity contribution is 7.91. The van der Waals surface area contributed by atoms with E-state index in [1.165, 1.54) is 4.90 Å². The fourth-order valence-corrected chi connectivity index (χ4v) is 3.67. The van der Waals surface area contributed by atoms with Crippen LogP contribution in [-0.4, -0.2) is 54.4 Å². The molecule has 1 N–H and O–H groups in total. The number of carbonyl (C=O) groups is 2. The van der Waals surface area contributed by atoms with Gasteiger partial charge in [0, 0.05) is 13.0 Å². The molecule has 0 spiro atoms. The molecule has 7 heteroatoms. The fourth-order valence-electron chi connectivity index (χ4n) is 2.14. The highest BCUT2D eigenvalue weighted by Gasteiger charge is 2.34. The molecule has 1 atom stereocenters. The summed E-state index contributed by atoms with van der Waals surface area (Å²) in [5.74, 6) is -1.16. The molecular weight excluding hydrogens is 270 g/mol. The molecule has 0 aliphatic carbocycles. The van der Waals surface area contributed by atoms with Crippen LogP contribution in [-0.2, 0) is 19.4 Å². The van der Waals surface area contributed by atoms with Crippen molar-refractivity contribution >= 4 is 21.7 Å². The number of carboxylic acids is 1. The molecule has 0 aromatic rings. The third-order valence-electron chi connectivity index (χ3n) is 3.20. The number of amides is 1. The minimum Gasteiger partial charge on any atom is -0.481 e. The van der Waals surface area contributed by atoms with E-state index in [4.69, 9.17) is 5.11 Å². The zero-order valence-corrected chi connectivity index (χ0v) is 12.1. The summed E-state index contributed by atoms with van der Waals surface area (Å²) in [6.45, 7) is 4.11. The maximum atomic E-state index is 12.0. The topological polar surface area (TPSA) is 91.8 Å². The Morgan fingerprint density at radius 1 is 1.37 bits per heavy atom. The lowest BCUT2D eigenvalue weighted by molar-refractivity contribution is -0.140. The van der Waals surface area contributed by atoms with Gasteiger partial charge in [0.05, 0.1) is 24.0 Å². The molecule has 0 aromatic carbocycles. The van der Waals surface area contributed by atoms with Gasteiger partial charge in [0.15, 0.2) is 9.84 Å². The molecule has 1 fully saturated rings. The molecule has 6 nitrogen and oxygen atoms in total. The Morgan fingerprint density at radius 2 is 2.00 bits per heavy atom. The highest BCUT2D eigenvalue weighted by Crippen LogP contribution is 2.17. The molecule has 0 radical (unpaired) electrons. The molecule has 1 unspecified atom stereocenters. The van der Waals surface area contributed by atoms with Gasteiger partial charge in [-0.1, -0.05) is 13.8 Å². The van der Waals surface area contributed by atoms with Crippen LogP contribution in [0.2, 0.25) is 0 Å². The lowest BCUT2D eigenvalue weighted by Gasteiger charge is -2.35. The second kappa shape index (κ2) is 6.36. The molecule has 1 saturated heterocycles. The SMILES string of the molecule is CC(C)CCC(=O)N1CCS(=O)(=O)CC1CC(=O)O. The minimum atomic E-state index is -3.23. The number of nitrogens with zero attached hydrogens (tertiary/aromatic N) is 1. The number of aliphatic carboxylic acids is 1. The zero-order chi connectivity index (χ0) is 14.6. The second-order valence-corrected chi connectivity index (χ2v) is 7.61. The molecule has 1 heterocycles.